The highest BCUT2D eigenvalue weighted by atomic mass is 32.2. The Kier molecular flexibility index (Phi) is 6.46. The molecule has 1 aromatic heterocycles. The molecule has 10 heteroatoms. The van der Waals surface area contributed by atoms with Gasteiger partial charge in [0.1, 0.15) is 11.6 Å². The number of methoxy groups -OCH3 is 1. The number of anilines is 1. The summed E-state index contributed by atoms with van der Waals surface area (Å²) in [6.45, 7) is 3.34. The van der Waals surface area contributed by atoms with E-state index in [1.807, 2.05) is 0 Å². The molecule has 2 fully saturated rings. The summed E-state index contributed by atoms with van der Waals surface area (Å²) in [6.07, 6.45) is 6.06. The van der Waals surface area contributed by atoms with Crippen molar-refractivity contribution in [3.63, 3.8) is 0 Å². The number of nitrogens with one attached hydrogen (secondary N) is 1. The molecular formula is C24H30FN3O5S. The van der Waals surface area contributed by atoms with Crippen LogP contribution in [-0.4, -0.2) is 56.4 Å². The number of sulfone groups is 1. The van der Waals surface area contributed by atoms with Gasteiger partial charge in [0, 0.05) is 36.6 Å². The fourth-order valence-corrected chi connectivity index (χ4v) is 5.38. The van der Waals surface area contributed by atoms with Crippen LogP contribution < -0.4 is 19.7 Å². The minimum absolute atomic E-state index is 0.0190. The monoisotopic (exact) mass is 491 g/mol. The van der Waals surface area contributed by atoms with Crippen molar-refractivity contribution in [2.45, 2.75) is 68.2 Å². The van der Waals surface area contributed by atoms with Gasteiger partial charge < -0.3 is 19.7 Å². The lowest BCUT2D eigenvalue weighted by Gasteiger charge is -2.40. The quantitative estimate of drug-likeness (QED) is 0.636. The van der Waals surface area contributed by atoms with Crippen molar-refractivity contribution >= 4 is 21.6 Å². The molecule has 2 saturated heterocycles. The molecule has 1 N–H and O–H groups in total. The smallest absolute Gasteiger partial charge is 0.263 e. The minimum atomic E-state index is -3.29. The van der Waals surface area contributed by atoms with Crippen LogP contribution in [0.15, 0.2) is 41.4 Å². The summed E-state index contributed by atoms with van der Waals surface area (Å²) >= 11 is 0. The van der Waals surface area contributed by atoms with Gasteiger partial charge in [-0.3, -0.25) is 4.79 Å². The predicted molar refractivity (Wildman–Crippen MR) is 125 cm³/mol. The fourth-order valence-electron chi connectivity index (χ4n) is 4.82. The van der Waals surface area contributed by atoms with Gasteiger partial charge in [0.15, 0.2) is 26.9 Å². The molecule has 0 aliphatic carbocycles. The lowest BCUT2D eigenvalue weighted by atomic mass is 9.96. The van der Waals surface area contributed by atoms with Crippen LogP contribution in [0, 0.1) is 5.82 Å². The average Bonchev–Trinajstić information content (AvgIpc) is 3.04. The predicted octanol–water partition coefficient (Wildman–Crippen LogP) is 3.11. The first-order valence-corrected chi connectivity index (χ1v) is 13.1. The van der Waals surface area contributed by atoms with E-state index >= 15 is 0 Å². The van der Waals surface area contributed by atoms with E-state index in [2.05, 4.69) is 15.2 Å². The summed E-state index contributed by atoms with van der Waals surface area (Å²) in [5.41, 5.74) is -1.19. The van der Waals surface area contributed by atoms with E-state index in [4.69, 9.17) is 9.47 Å². The zero-order valence-electron chi connectivity index (χ0n) is 19.7. The highest BCUT2D eigenvalue weighted by molar-refractivity contribution is 7.90. The second-order valence-electron chi connectivity index (χ2n) is 9.47. The second-order valence-corrected chi connectivity index (χ2v) is 11.5. The number of rotatable bonds is 7. The first-order valence-electron chi connectivity index (χ1n) is 11.3. The maximum absolute atomic E-state index is 13.5. The number of hydrogen-bond acceptors (Lipinski definition) is 7. The maximum atomic E-state index is 13.5. The molecule has 0 spiro atoms. The molecule has 184 valence electrons. The molecule has 1 aromatic carbocycles. The Hall–Kier alpha value is -2.88. The zero-order valence-corrected chi connectivity index (χ0v) is 20.6. The number of carbonyl (C=O) groups excluding carboxylic acids is 1. The molecule has 4 rings (SSSR count). The van der Waals surface area contributed by atoms with Gasteiger partial charge in [0.05, 0.1) is 12.0 Å². The van der Waals surface area contributed by atoms with Crippen LogP contribution in [0.3, 0.4) is 0 Å². The molecular weight excluding hydrogens is 461 g/mol. The van der Waals surface area contributed by atoms with Crippen molar-refractivity contribution in [3.05, 3.63) is 42.3 Å². The van der Waals surface area contributed by atoms with Crippen molar-refractivity contribution < 1.29 is 27.1 Å². The highest BCUT2D eigenvalue weighted by Crippen LogP contribution is 2.39. The molecule has 0 saturated carbocycles. The fraction of sp³-hybridized carbons (Fsp3) is 0.500. The molecule has 34 heavy (non-hydrogen) atoms. The number of fused-ring (bicyclic) bond motifs is 2. The third-order valence-corrected chi connectivity index (χ3v) is 7.62. The van der Waals surface area contributed by atoms with Gasteiger partial charge in [-0.15, -0.1) is 0 Å². The average molecular weight is 492 g/mol. The van der Waals surface area contributed by atoms with Gasteiger partial charge in [-0.2, -0.15) is 0 Å². The van der Waals surface area contributed by atoms with Crippen molar-refractivity contribution in [2.24, 2.45) is 0 Å². The van der Waals surface area contributed by atoms with E-state index in [-0.39, 0.29) is 34.7 Å². The van der Waals surface area contributed by atoms with Crippen LogP contribution in [0.1, 0.15) is 39.5 Å². The first-order chi connectivity index (χ1) is 16.0. The lowest BCUT2D eigenvalue weighted by molar-refractivity contribution is -0.135. The number of piperidine rings is 1. The number of ether oxygens (including phenoxy) is 2. The highest BCUT2D eigenvalue weighted by Gasteiger charge is 2.43. The molecule has 2 aliphatic rings. The molecule has 3 atom stereocenters. The lowest BCUT2D eigenvalue weighted by Crippen LogP contribution is -2.55. The number of halogens is 1. The Morgan fingerprint density at radius 2 is 1.82 bits per heavy atom. The number of carbonyl (C=O) groups is 1. The summed E-state index contributed by atoms with van der Waals surface area (Å²) in [5.74, 6) is 0.572. The molecule has 8 nitrogen and oxygen atoms in total. The van der Waals surface area contributed by atoms with Gasteiger partial charge in [-0.1, -0.05) is 0 Å². The van der Waals surface area contributed by atoms with Gasteiger partial charge in [-0.05, 0) is 63.8 Å². The number of hydrogen-bond donors (Lipinski definition) is 1. The van der Waals surface area contributed by atoms with E-state index in [1.54, 1.807) is 26.0 Å². The van der Waals surface area contributed by atoms with E-state index in [1.165, 1.54) is 37.8 Å². The third-order valence-electron chi connectivity index (χ3n) is 6.52. The van der Waals surface area contributed by atoms with Crippen LogP contribution in [0.4, 0.5) is 10.2 Å². The van der Waals surface area contributed by atoms with Crippen LogP contribution >= 0.6 is 0 Å². The van der Waals surface area contributed by atoms with Crippen LogP contribution in [0.25, 0.3) is 0 Å². The van der Waals surface area contributed by atoms with Crippen molar-refractivity contribution in [1.82, 2.24) is 10.3 Å². The Labute approximate surface area is 199 Å². The van der Waals surface area contributed by atoms with Crippen LogP contribution in [-0.2, 0) is 14.6 Å². The minimum Gasteiger partial charge on any atom is -0.493 e. The van der Waals surface area contributed by atoms with Gasteiger partial charge in [0.25, 0.3) is 5.91 Å². The zero-order chi connectivity index (χ0) is 24.7. The van der Waals surface area contributed by atoms with Gasteiger partial charge in [-0.25, -0.2) is 17.8 Å². The Balaban J connectivity index is 1.41. The number of aromatic nitrogens is 1. The summed E-state index contributed by atoms with van der Waals surface area (Å²) in [7, 11) is -1.88. The normalized spacial score (nSPS) is 22.4. The van der Waals surface area contributed by atoms with E-state index in [0.717, 1.165) is 31.5 Å². The van der Waals surface area contributed by atoms with Gasteiger partial charge in [0.2, 0.25) is 0 Å². The Morgan fingerprint density at radius 1 is 1.15 bits per heavy atom. The van der Waals surface area contributed by atoms with Crippen molar-refractivity contribution in [2.75, 3.05) is 18.3 Å². The Bertz CT molecular complexity index is 1160. The second kappa shape index (κ2) is 9.05. The largest absolute Gasteiger partial charge is 0.493 e. The summed E-state index contributed by atoms with van der Waals surface area (Å²) in [4.78, 5) is 19.9. The number of amides is 1. The number of nitrogens with zero attached hydrogens (tertiary/aromatic N) is 2. The van der Waals surface area contributed by atoms with Gasteiger partial charge >= 0.3 is 0 Å². The molecule has 0 unspecified atom stereocenters. The standard InChI is InChI=1S/C24H30FN3O5S/c1-24(2,33-20-9-5-15(25)11-21(20)32-3)23(29)27-16-12-17-6-7-18(13-16)28(17)22-10-8-19(14-26-22)34(4,30)31/h5,8-11,14,16-18H,6-7,12-13H2,1-4H3,(H,27,29)/t16-,17+,18-. The van der Waals surface area contributed by atoms with Crippen LogP contribution in [0.2, 0.25) is 0 Å². The molecule has 2 bridgehead atoms. The number of pyridine rings is 1. The molecule has 0 radical (unpaired) electrons. The summed E-state index contributed by atoms with van der Waals surface area (Å²) in [6, 6.07) is 7.67. The summed E-state index contributed by atoms with van der Waals surface area (Å²) < 4.78 is 48.0. The molecule has 1 amide bonds. The maximum Gasteiger partial charge on any atom is 0.263 e. The molecule has 2 aromatic rings. The first kappa shape index (κ1) is 24.3. The topological polar surface area (TPSA) is 97.8 Å². The third kappa shape index (κ3) is 4.96. The number of benzene rings is 1. The van der Waals surface area contributed by atoms with E-state index in [9.17, 15) is 17.6 Å². The van der Waals surface area contributed by atoms with E-state index < -0.39 is 21.3 Å². The van der Waals surface area contributed by atoms with E-state index in [0.29, 0.717) is 5.75 Å². The van der Waals surface area contributed by atoms with Crippen molar-refractivity contribution in [3.8, 4) is 11.5 Å². The van der Waals surface area contributed by atoms with Crippen LogP contribution in [0.5, 0.6) is 11.5 Å². The summed E-state index contributed by atoms with van der Waals surface area (Å²) in [5, 5.41) is 3.12. The Morgan fingerprint density at radius 3 is 2.38 bits per heavy atom. The van der Waals surface area contributed by atoms with Crippen molar-refractivity contribution in [1.29, 1.82) is 0 Å². The SMILES string of the molecule is COc1cc(F)ccc1OC(C)(C)C(=O)N[C@H]1C[C@H]2CC[C@@H](C1)N2c1ccc(S(C)(=O)=O)cn1. The molecule has 2 aliphatic heterocycles. The molecule has 3 heterocycles.